The molecule has 6 nitrogen and oxygen atoms in total. The second-order valence-corrected chi connectivity index (χ2v) is 9.81. The minimum Gasteiger partial charge on any atom is -0.299 e. The number of halogens is 2. The van der Waals surface area contributed by atoms with Crippen LogP contribution in [0.5, 0.6) is 0 Å². The SMILES string of the molecule is Cc1ccc(-c2nnc(SCC(=O)NN=Cc3c(Cl)cccc3Cl)n2C2CCCCC2)cc1. The van der Waals surface area contributed by atoms with E-state index in [4.69, 9.17) is 23.2 Å². The molecule has 1 fully saturated rings. The fourth-order valence-electron chi connectivity index (χ4n) is 3.91. The summed E-state index contributed by atoms with van der Waals surface area (Å²) in [4.78, 5) is 12.4. The molecule has 33 heavy (non-hydrogen) atoms. The van der Waals surface area contributed by atoms with Crippen molar-refractivity contribution in [2.75, 3.05) is 5.75 Å². The van der Waals surface area contributed by atoms with Crippen molar-refractivity contribution in [3.8, 4) is 11.4 Å². The first-order valence-electron chi connectivity index (χ1n) is 10.9. The van der Waals surface area contributed by atoms with Gasteiger partial charge in [-0.25, -0.2) is 5.43 Å². The van der Waals surface area contributed by atoms with Crippen molar-refractivity contribution >= 4 is 47.1 Å². The van der Waals surface area contributed by atoms with Crippen LogP contribution in [-0.4, -0.2) is 32.6 Å². The number of hydrogen-bond acceptors (Lipinski definition) is 5. The zero-order chi connectivity index (χ0) is 23.2. The summed E-state index contributed by atoms with van der Waals surface area (Å²) in [6, 6.07) is 13.9. The first-order chi connectivity index (χ1) is 16.0. The van der Waals surface area contributed by atoms with Crippen molar-refractivity contribution in [3.63, 3.8) is 0 Å². The molecule has 0 saturated heterocycles. The van der Waals surface area contributed by atoms with Crippen molar-refractivity contribution < 1.29 is 4.79 Å². The van der Waals surface area contributed by atoms with Crippen LogP contribution in [-0.2, 0) is 4.79 Å². The van der Waals surface area contributed by atoms with Gasteiger partial charge < -0.3 is 0 Å². The minimum absolute atomic E-state index is 0.173. The number of nitrogens with zero attached hydrogens (tertiary/aromatic N) is 4. The van der Waals surface area contributed by atoms with E-state index in [0.29, 0.717) is 21.7 Å². The minimum atomic E-state index is -0.241. The first-order valence-corrected chi connectivity index (χ1v) is 12.7. The lowest BCUT2D eigenvalue weighted by molar-refractivity contribution is -0.118. The molecule has 4 rings (SSSR count). The van der Waals surface area contributed by atoms with E-state index in [1.54, 1.807) is 18.2 Å². The Balaban J connectivity index is 1.46. The smallest absolute Gasteiger partial charge is 0.250 e. The van der Waals surface area contributed by atoms with Gasteiger partial charge in [0.05, 0.1) is 22.0 Å². The quantitative estimate of drug-likeness (QED) is 0.234. The van der Waals surface area contributed by atoms with Gasteiger partial charge in [0.25, 0.3) is 5.91 Å². The topological polar surface area (TPSA) is 72.2 Å². The molecule has 1 heterocycles. The molecule has 0 unspecified atom stereocenters. The van der Waals surface area contributed by atoms with Gasteiger partial charge in [0.2, 0.25) is 0 Å². The number of aromatic nitrogens is 3. The summed E-state index contributed by atoms with van der Waals surface area (Å²) in [5.74, 6) is 0.789. The van der Waals surface area contributed by atoms with Gasteiger partial charge in [-0.05, 0) is 31.9 Å². The summed E-state index contributed by atoms with van der Waals surface area (Å²) in [5.41, 5.74) is 5.34. The Morgan fingerprint density at radius 1 is 1.12 bits per heavy atom. The lowest BCUT2D eigenvalue weighted by Crippen LogP contribution is -2.20. The molecular weight excluding hydrogens is 477 g/mol. The second-order valence-electron chi connectivity index (χ2n) is 8.05. The Bertz CT molecular complexity index is 1120. The van der Waals surface area contributed by atoms with Gasteiger partial charge in [0.15, 0.2) is 11.0 Å². The molecule has 1 aliphatic carbocycles. The van der Waals surface area contributed by atoms with Crippen LogP contribution in [0.4, 0.5) is 0 Å². The molecule has 0 atom stereocenters. The third kappa shape index (κ3) is 5.96. The Kier molecular flexibility index (Phi) is 8.06. The van der Waals surface area contributed by atoms with Crippen LogP contribution in [0.15, 0.2) is 52.7 Å². The van der Waals surface area contributed by atoms with Gasteiger partial charge in [-0.2, -0.15) is 5.10 Å². The molecule has 0 radical (unpaired) electrons. The Hall–Kier alpha value is -2.35. The molecule has 0 bridgehead atoms. The van der Waals surface area contributed by atoms with Gasteiger partial charge in [-0.3, -0.25) is 9.36 Å². The van der Waals surface area contributed by atoms with E-state index in [-0.39, 0.29) is 11.7 Å². The fourth-order valence-corrected chi connectivity index (χ4v) is 5.20. The van der Waals surface area contributed by atoms with E-state index >= 15 is 0 Å². The number of rotatable bonds is 7. The second kappa shape index (κ2) is 11.2. The van der Waals surface area contributed by atoms with Crippen LogP contribution >= 0.6 is 35.0 Å². The summed E-state index contributed by atoms with van der Waals surface area (Å²) >= 11 is 13.6. The maximum Gasteiger partial charge on any atom is 0.250 e. The molecule has 1 aromatic heterocycles. The van der Waals surface area contributed by atoms with E-state index in [1.807, 2.05) is 0 Å². The Morgan fingerprint density at radius 2 is 1.82 bits per heavy atom. The number of amides is 1. The van der Waals surface area contributed by atoms with Crippen molar-refractivity contribution in [1.29, 1.82) is 0 Å². The number of hydrogen-bond donors (Lipinski definition) is 1. The molecule has 0 spiro atoms. The van der Waals surface area contributed by atoms with Gasteiger partial charge in [-0.1, -0.05) is 90.1 Å². The molecule has 9 heteroatoms. The van der Waals surface area contributed by atoms with E-state index in [0.717, 1.165) is 29.4 Å². The van der Waals surface area contributed by atoms with Crippen molar-refractivity contribution in [3.05, 3.63) is 63.6 Å². The van der Waals surface area contributed by atoms with E-state index in [2.05, 4.69) is 56.5 Å². The molecule has 0 aliphatic heterocycles. The molecule has 1 aliphatic rings. The largest absolute Gasteiger partial charge is 0.299 e. The van der Waals surface area contributed by atoms with E-state index < -0.39 is 0 Å². The van der Waals surface area contributed by atoms with Crippen molar-refractivity contribution in [2.24, 2.45) is 5.10 Å². The normalized spacial score (nSPS) is 14.6. The van der Waals surface area contributed by atoms with Crippen LogP contribution in [0.2, 0.25) is 10.0 Å². The van der Waals surface area contributed by atoms with Crippen molar-refractivity contribution in [1.82, 2.24) is 20.2 Å². The van der Waals surface area contributed by atoms with Gasteiger partial charge in [-0.15, -0.1) is 10.2 Å². The molecule has 2 aromatic carbocycles. The summed E-state index contributed by atoms with van der Waals surface area (Å²) in [5, 5.41) is 14.6. The monoisotopic (exact) mass is 501 g/mol. The van der Waals surface area contributed by atoms with Gasteiger partial charge in [0.1, 0.15) is 0 Å². The summed E-state index contributed by atoms with van der Waals surface area (Å²) < 4.78 is 2.22. The van der Waals surface area contributed by atoms with Crippen LogP contribution in [0.25, 0.3) is 11.4 Å². The van der Waals surface area contributed by atoms with Crippen LogP contribution in [0, 0.1) is 6.92 Å². The molecular formula is C24H25Cl2N5OS. The number of hydrazone groups is 1. The average molecular weight is 502 g/mol. The standard InChI is InChI=1S/C24H25Cl2N5OS/c1-16-10-12-17(13-11-16)23-29-30-24(31(23)18-6-3-2-4-7-18)33-15-22(32)28-27-14-19-20(25)8-5-9-21(19)26/h5,8-14,18H,2-4,6-7,15H2,1H3,(H,28,32). The maximum absolute atomic E-state index is 12.4. The fraction of sp³-hybridized carbons (Fsp3) is 0.333. The number of carbonyl (C=O) groups excluding carboxylic acids is 1. The molecule has 172 valence electrons. The summed E-state index contributed by atoms with van der Waals surface area (Å²) in [7, 11) is 0. The van der Waals surface area contributed by atoms with E-state index in [9.17, 15) is 4.79 Å². The molecule has 3 aromatic rings. The highest BCUT2D eigenvalue weighted by Crippen LogP contribution is 2.35. The summed E-state index contributed by atoms with van der Waals surface area (Å²) in [6.45, 7) is 2.07. The highest BCUT2D eigenvalue weighted by atomic mass is 35.5. The van der Waals surface area contributed by atoms with Gasteiger partial charge >= 0.3 is 0 Å². The number of thioether (sulfide) groups is 1. The average Bonchev–Trinajstić information content (AvgIpc) is 3.24. The third-order valence-corrected chi connectivity index (χ3v) is 7.23. The van der Waals surface area contributed by atoms with Crippen LogP contribution < -0.4 is 5.43 Å². The van der Waals surface area contributed by atoms with Crippen molar-refractivity contribution in [2.45, 2.75) is 50.2 Å². The number of carbonyl (C=O) groups is 1. The Labute approximate surface area is 207 Å². The molecule has 1 saturated carbocycles. The maximum atomic E-state index is 12.4. The predicted octanol–water partition coefficient (Wildman–Crippen LogP) is 6.31. The van der Waals surface area contributed by atoms with Crippen LogP contribution in [0.3, 0.4) is 0 Å². The van der Waals surface area contributed by atoms with Crippen LogP contribution in [0.1, 0.15) is 49.3 Å². The summed E-state index contributed by atoms with van der Waals surface area (Å²) in [6.07, 6.45) is 7.30. The lowest BCUT2D eigenvalue weighted by atomic mass is 9.95. The predicted molar refractivity (Wildman–Crippen MR) is 135 cm³/mol. The molecule has 1 amide bonds. The molecule has 1 N–H and O–H groups in total. The van der Waals surface area contributed by atoms with E-state index in [1.165, 1.54) is 42.8 Å². The Morgan fingerprint density at radius 3 is 2.52 bits per heavy atom. The van der Waals surface area contributed by atoms with Gasteiger partial charge in [0, 0.05) is 17.2 Å². The highest BCUT2D eigenvalue weighted by Gasteiger charge is 2.24. The zero-order valence-corrected chi connectivity index (χ0v) is 20.6. The number of nitrogens with one attached hydrogen (secondary N) is 1. The number of aryl methyl sites for hydroxylation is 1. The number of benzene rings is 2. The lowest BCUT2D eigenvalue weighted by Gasteiger charge is -2.25. The first kappa shape index (κ1) is 23.8. The third-order valence-electron chi connectivity index (χ3n) is 5.63. The highest BCUT2D eigenvalue weighted by molar-refractivity contribution is 7.99. The zero-order valence-electron chi connectivity index (χ0n) is 18.3.